The Hall–Kier alpha value is -0.830. The van der Waals surface area contributed by atoms with Crippen molar-refractivity contribution in [2.75, 3.05) is 12.8 Å². The molecule has 0 bridgehead atoms. The topological polar surface area (TPSA) is 29.4 Å². The number of nitrogens with zero attached hydrogens (tertiary/aromatic N) is 1. The lowest BCUT2D eigenvalue weighted by atomic mass is 10.4. The van der Waals surface area contributed by atoms with E-state index < -0.39 is 9.73 Å². The summed E-state index contributed by atoms with van der Waals surface area (Å²) < 4.78 is 15.9. The predicted molar refractivity (Wildman–Crippen MR) is 51.7 cm³/mol. The molecule has 0 saturated carbocycles. The van der Waals surface area contributed by atoms with Crippen molar-refractivity contribution >= 4 is 9.73 Å². The van der Waals surface area contributed by atoms with Crippen LogP contribution in [0.5, 0.6) is 0 Å². The summed E-state index contributed by atoms with van der Waals surface area (Å²) in [7, 11) is -2.14. The Morgan fingerprint density at radius 3 is 2.42 bits per heavy atom. The van der Waals surface area contributed by atoms with Gasteiger partial charge < -0.3 is 0 Å². The summed E-state index contributed by atoms with van der Waals surface area (Å²) in [5.41, 5.74) is 0. The van der Waals surface area contributed by atoms with Gasteiger partial charge in [-0.05, 0) is 19.1 Å². The molecular weight excluding hydrogens is 170 g/mol. The van der Waals surface area contributed by atoms with Crippen molar-refractivity contribution < 1.29 is 4.21 Å². The van der Waals surface area contributed by atoms with Crippen molar-refractivity contribution in [3.8, 4) is 0 Å². The van der Waals surface area contributed by atoms with E-state index in [2.05, 4.69) is 4.36 Å². The molecule has 1 aromatic rings. The fourth-order valence-corrected chi connectivity index (χ4v) is 2.30. The summed E-state index contributed by atoms with van der Waals surface area (Å²) in [6.07, 6.45) is 1.67. The monoisotopic (exact) mass is 183 g/mol. The van der Waals surface area contributed by atoms with Crippen molar-refractivity contribution in [2.45, 2.75) is 11.8 Å². The summed E-state index contributed by atoms with van der Waals surface area (Å²) in [6, 6.07) is 9.36. The van der Waals surface area contributed by atoms with Gasteiger partial charge in [0.1, 0.15) is 0 Å². The minimum absolute atomic E-state index is 0.601. The summed E-state index contributed by atoms with van der Waals surface area (Å²) in [5, 5.41) is 0. The van der Waals surface area contributed by atoms with Gasteiger partial charge in [-0.25, -0.2) is 8.57 Å². The fraction of sp³-hybridized carbons (Fsp3) is 0.333. The van der Waals surface area contributed by atoms with Gasteiger partial charge in [0.25, 0.3) is 0 Å². The maximum Gasteiger partial charge on any atom is 0.0722 e. The fourth-order valence-electron chi connectivity index (χ4n) is 0.994. The van der Waals surface area contributed by atoms with Gasteiger partial charge in [0.15, 0.2) is 0 Å². The van der Waals surface area contributed by atoms with E-state index in [9.17, 15) is 4.21 Å². The summed E-state index contributed by atoms with van der Waals surface area (Å²) in [4.78, 5) is 0.812. The highest BCUT2D eigenvalue weighted by atomic mass is 32.2. The number of rotatable bonds is 2. The summed E-state index contributed by atoms with van der Waals surface area (Å²) in [6.45, 7) is 2.50. The van der Waals surface area contributed by atoms with Gasteiger partial charge in [0, 0.05) is 17.7 Å². The molecule has 0 amide bonds. The molecule has 0 aliphatic heterocycles. The van der Waals surface area contributed by atoms with Crippen LogP contribution in [0.1, 0.15) is 6.92 Å². The Balaban J connectivity index is 3.16. The van der Waals surface area contributed by atoms with Crippen LogP contribution >= 0.6 is 0 Å². The standard InChI is InChI=1S/C9H13NOS/c1-3-10-12(2,11)9-7-5-4-6-8-9/h4-8H,3H2,1-2H3. The Kier molecular flexibility index (Phi) is 2.87. The van der Waals surface area contributed by atoms with Crippen LogP contribution in [0.4, 0.5) is 0 Å². The molecule has 1 aromatic carbocycles. The van der Waals surface area contributed by atoms with E-state index in [0.29, 0.717) is 6.54 Å². The Morgan fingerprint density at radius 1 is 1.33 bits per heavy atom. The van der Waals surface area contributed by atoms with E-state index >= 15 is 0 Å². The Bertz CT molecular complexity index is 350. The number of hydrogen-bond donors (Lipinski definition) is 0. The second kappa shape index (κ2) is 3.72. The lowest BCUT2D eigenvalue weighted by Gasteiger charge is -2.01. The molecule has 0 fully saturated rings. The summed E-state index contributed by atoms with van der Waals surface area (Å²) >= 11 is 0. The second-order valence-electron chi connectivity index (χ2n) is 2.56. The van der Waals surface area contributed by atoms with Gasteiger partial charge in [-0.15, -0.1) is 0 Å². The van der Waals surface area contributed by atoms with Crippen molar-refractivity contribution in [1.29, 1.82) is 0 Å². The molecule has 0 aliphatic carbocycles. The zero-order valence-electron chi connectivity index (χ0n) is 7.36. The molecule has 3 heteroatoms. The van der Waals surface area contributed by atoms with Crippen LogP contribution in [-0.4, -0.2) is 17.0 Å². The lowest BCUT2D eigenvalue weighted by molar-refractivity contribution is 0.679. The molecule has 0 N–H and O–H groups in total. The molecule has 66 valence electrons. The van der Waals surface area contributed by atoms with Crippen LogP contribution < -0.4 is 0 Å². The first-order valence-corrected chi connectivity index (χ1v) is 5.82. The van der Waals surface area contributed by atoms with Gasteiger partial charge in [-0.2, -0.15) is 0 Å². The van der Waals surface area contributed by atoms with Gasteiger partial charge in [0.2, 0.25) is 0 Å². The Labute approximate surface area is 73.8 Å². The molecule has 1 unspecified atom stereocenters. The van der Waals surface area contributed by atoms with Crippen molar-refractivity contribution in [2.24, 2.45) is 4.36 Å². The summed E-state index contributed by atoms with van der Waals surface area (Å²) in [5.74, 6) is 0. The van der Waals surface area contributed by atoms with E-state index in [1.165, 1.54) is 0 Å². The van der Waals surface area contributed by atoms with Crippen LogP contribution in [0.25, 0.3) is 0 Å². The SMILES string of the molecule is CCN=S(C)(=O)c1ccccc1. The third kappa shape index (κ3) is 2.08. The van der Waals surface area contributed by atoms with E-state index in [1.54, 1.807) is 6.26 Å². The van der Waals surface area contributed by atoms with Gasteiger partial charge >= 0.3 is 0 Å². The maximum absolute atomic E-state index is 11.8. The van der Waals surface area contributed by atoms with Gasteiger partial charge in [0.05, 0.1) is 9.73 Å². The highest BCUT2D eigenvalue weighted by Crippen LogP contribution is 2.09. The molecular formula is C9H13NOS. The van der Waals surface area contributed by atoms with E-state index in [-0.39, 0.29) is 0 Å². The maximum atomic E-state index is 11.8. The minimum Gasteiger partial charge on any atom is -0.245 e. The number of hydrogen-bond acceptors (Lipinski definition) is 2. The average Bonchev–Trinajstić information content (AvgIpc) is 2.06. The van der Waals surface area contributed by atoms with Crippen LogP contribution in [0, 0.1) is 0 Å². The molecule has 0 aliphatic rings. The predicted octanol–water partition coefficient (Wildman–Crippen LogP) is 2.16. The molecule has 2 nitrogen and oxygen atoms in total. The normalized spacial score (nSPS) is 15.2. The van der Waals surface area contributed by atoms with E-state index in [4.69, 9.17) is 0 Å². The van der Waals surface area contributed by atoms with Crippen LogP contribution in [-0.2, 0) is 9.73 Å². The minimum atomic E-state index is -2.14. The first-order valence-electron chi connectivity index (χ1n) is 3.90. The molecule has 0 aromatic heterocycles. The second-order valence-corrected chi connectivity index (χ2v) is 4.90. The van der Waals surface area contributed by atoms with Crippen molar-refractivity contribution in [3.05, 3.63) is 30.3 Å². The Morgan fingerprint density at radius 2 is 1.92 bits per heavy atom. The molecule has 1 rings (SSSR count). The van der Waals surface area contributed by atoms with Gasteiger partial charge in [-0.3, -0.25) is 0 Å². The number of benzene rings is 1. The van der Waals surface area contributed by atoms with Gasteiger partial charge in [-0.1, -0.05) is 18.2 Å². The highest BCUT2D eigenvalue weighted by molar-refractivity contribution is 7.93. The largest absolute Gasteiger partial charge is 0.245 e. The molecule has 0 spiro atoms. The van der Waals surface area contributed by atoms with E-state index in [1.807, 2.05) is 37.3 Å². The lowest BCUT2D eigenvalue weighted by Crippen LogP contribution is -1.97. The van der Waals surface area contributed by atoms with Crippen LogP contribution in [0.3, 0.4) is 0 Å². The molecule has 12 heavy (non-hydrogen) atoms. The molecule has 0 radical (unpaired) electrons. The third-order valence-electron chi connectivity index (χ3n) is 1.56. The first kappa shape index (κ1) is 9.26. The third-order valence-corrected chi connectivity index (χ3v) is 3.45. The zero-order valence-corrected chi connectivity index (χ0v) is 8.17. The zero-order chi connectivity index (χ0) is 9.03. The smallest absolute Gasteiger partial charge is 0.0722 e. The first-order chi connectivity index (χ1) is 5.67. The van der Waals surface area contributed by atoms with E-state index in [0.717, 1.165) is 4.90 Å². The molecule has 1 atom stereocenters. The van der Waals surface area contributed by atoms with Crippen molar-refractivity contribution in [1.82, 2.24) is 0 Å². The quantitative estimate of drug-likeness (QED) is 0.691. The molecule has 0 heterocycles. The molecule has 0 saturated heterocycles. The van der Waals surface area contributed by atoms with Crippen LogP contribution in [0.15, 0.2) is 39.6 Å². The van der Waals surface area contributed by atoms with Crippen LogP contribution in [0.2, 0.25) is 0 Å². The van der Waals surface area contributed by atoms with Crippen molar-refractivity contribution in [3.63, 3.8) is 0 Å². The average molecular weight is 183 g/mol. The highest BCUT2D eigenvalue weighted by Gasteiger charge is 2.01.